The normalized spacial score (nSPS) is 18.5. The summed E-state index contributed by atoms with van der Waals surface area (Å²) in [6.45, 7) is 6.33. The van der Waals surface area contributed by atoms with E-state index in [4.69, 9.17) is 9.47 Å². The predicted molar refractivity (Wildman–Crippen MR) is 92.1 cm³/mol. The van der Waals surface area contributed by atoms with Crippen LogP contribution < -0.4 is 4.74 Å². The Balaban J connectivity index is 1.92. The fourth-order valence-electron chi connectivity index (χ4n) is 2.94. The van der Waals surface area contributed by atoms with E-state index in [1.165, 1.54) is 12.1 Å². The molecular formula is C19H26F3NO3. The number of nitrogens with zero attached hydrogens (tertiary/aromatic N) is 1. The first-order valence-corrected chi connectivity index (χ1v) is 8.86. The molecule has 7 heteroatoms. The van der Waals surface area contributed by atoms with Crippen LogP contribution in [0.2, 0.25) is 0 Å². The summed E-state index contributed by atoms with van der Waals surface area (Å²) in [5.74, 6) is 0.180. The molecule has 146 valence electrons. The molecule has 0 bridgehead atoms. The van der Waals surface area contributed by atoms with Gasteiger partial charge >= 0.3 is 12.3 Å². The summed E-state index contributed by atoms with van der Waals surface area (Å²) in [6, 6.07) is 4.81. The molecule has 1 heterocycles. The van der Waals surface area contributed by atoms with Crippen LogP contribution in [0.5, 0.6) is 5.75 Å². The number of carbonyl (C=O) groups is 1. The van der Waals surface area contributed by atoms with E-state index in [0.717, 1.165) is 31.4 Å². The number of piperidine rings is 1. The minimum Gasteiger partial charge on any atom is -0.494 e. The highest BCUT2D eigenvalue weighted by molar-refractivity contribution is 5.68. The van der Waals surface area contributed by atoms with Crippen molar-refractivity contribution >= 4 is 6.09 Å². The van der Waals surface area contributed by atoms with Crippen LogP contribution in [0.4, 0.5) is 18.0 Å². The van der Waals surface area contributed by atoms with Crippen LogP contribution in [0.25, 0.3) is 0 Å². The zero-order valence-corrected chi connectivity index (χ0v) is 15.4. The molecule has 1 aliphatic heterocycles. The van der Waals surface area contributed by atoms with E-state index in [2.05, 4.69) is 0 Å². The number of ether oxygens (including phenoxy) is 2. The van der Waals surface area contributed by atoms with Gasteiger partial charge in [0.25, 0.3) is 0 Å². The highest BCUT2D eigenvalue weighted by Crippen LogP contribution is 2.31. The maximum Gasteiger partial charge on any atom is 0.416 e. The summed E-state index contributed by atoms with van der Waals surface area (Å²) in [4.78, 5) is 14.1. The standard InChI is InChI=1S/C19H26F3NO3/c1-18(2,3)26-17(24)23-11-5-4-8-15(23)10-12-25-16-9-6-7-14(13-16)19(20,21)22/h6-7,9,13,15H,4-5,8,10-12H2,1-3H3/t15-/m0/s1. The van der Waals surface area contributed by atoms with Crippen molar-refractivity contribution < 1.29 is 27.4 Å². The second kappa shape index (κ2) is 8.18. The van der Waals surface area contributed by atoms with Crippen LogP contribution in [0.15, 0.2) is 24.3 Å². The van der Waals surface area contributed by atoms with E-state index in [1.54, 1.807) is 4.90 Å². The molecule has 0 radical (unpaired) electrons. The molecular weight excluding hydrogens is 347 g/mol. The van der Waals surface area contributed by atoms with Gasteiger partial charge in [0.15, 0.2) is 0 Å². The largest absolute Gasteiger partial charge is 0.494 e. The lowest BCUT2D eigenvalue weighted by molar-refractivity contribution is -0.137. The third-order valence-corrected chi connectivity index (χ3v) is 4.14. The van der Waals surface area contributed by atoms with Crippen molar-refractivity contribution in [3.63, 3.8) is 0 Å². The van der Waals surface area contributed by atoms with Crippen molar-refractivity contribution in [3.8, 4) is 5.75 Å². The number of benzene rings is 1. The van der Waals surface area contributed by atoms with Gasteiger partial charge in [0.1, 0.15) is 11.4 Å². The highest BCUT2D eigenvalue weighted by atomic mass is 19.4. The molecule has 1 saturated heterocycles. The van der Waals surface area contributed by atoms with Gasteiger partial charge in [-0.05, 0) is 58.2 Å². The second-order valence-electron chi connectivity index (χ2n) is 7.49. The molecule has 1 fully saturated rings. The van der Waals surface area contributed by atoms with Gasteiger partial charge in [0.2, 0.25) is 0 Å². The van der Waals surface area contributed by atoms with Gasteiger partial charge in [-0.2, -0.15) is 13.2 Å². The molecule has 0 saturated carbocycles. The average molecular weight is 373 g/mol. The number of hydrogen-bond acceptors (Lipinski definition) is 3. The van der Waals surface area contributed by atoms with Crippen molar-refractivity contribution in [2.45, 2.75) is 64.3 Å². The van der Waals surface area contributed by atoms with Crippen LogP contribution in [0, 0.1) is 0 Å². The lowest BCUT2D eigenvalue weighted by atomic mass is 10.0. The van der Waals surface area contributed by atoms with E-state index in [-0.39, 0.29) is 24.5 Å². The van der Waals surface area contributed by atoms with Crippen LogP contribution in [-0.2, 0) is 10.9 Å². The Morgan fingerprint density at radius 1 is 1.23 bits per heavy atom. The van der Waals surface area contributed by atoms with Crippen molar-refractivity contribution in [1.29, 1.82) is 0 Å². The number of rotatable bonds is 4. The molecule has 4 nitrogen and oxygen atoms in total. The van der Waals surface area contributed by atoms with Crippen molar-refractivity contribution in [2.75, 3.05) is 13.2 Å². The summed E-state index contributed by atoms with van der Waals surface area (Å²) < 4.78 is 49.2. The topological polar surface area (TPSA) is 38.8 Å². The van der Waals surface area contributed by atoms with Crippen LogP contribution in [0.1, 0.15) is 52.0 Å². The van der Waals surface area contributed by atoms with Crippen LogP contribution >= 0.6 is 0 Å². The Hall–Kier alpha value is -1.92. The molecule has 1 atom stereocenters. The van der Waals surface area contributed by atoms with Gasteiger partial charge in [-0.15, -0.1) is 0 Å². The van der Waals surface area contributed by atoms with E-state index in [1.807, 2.05) is 20.8 Å². The molecule has 1 aromatic rings. The molecule has 0 aliphatic carbocycles. The number of hydrogen-bond donors (Lipinski definition) is 0. The van der Waals surface area contributed by atoms with E-state index >= 15 is 0 Å². The van der Waals surface area contributed by atoms with Gasteiger partial charge < -0.3 is 14.4 Å². The predicted octanol–water partition coefficient (Wildman–Crippen LogP) is 5.26. The lowest BCUT2D eigenvalue weighted by Crippen LogP contribution is -2.46. The summed E-state index contributed by atoms with van der Waals surface area (Å²) in [5.41, 5.74) is -1.30. The number of alkyl halides is 3. The number of carbonyl (C=O) groups excluding carboxylic acids is 1. The van der Waals surface area contributed by atoms with Gasteiger partial charge in [-0.25, -0.2) is 4.79 Å². The molecule has 2 rings (SSSR count). The third kappa shape index (κ3) is 6.11. The van der Waals surface area contributed by atoms with Crippen molar-refractivity contribution in [1.82, 2.24) is 4.90 Å². The molecule has 1 aliphatic rings. The Morgan fingerprint density at radius 2 is 1.96 bits per heavy atom. The molecule has 0 unspecified atom stereocenters. The van der Waals surface area contributed by atoms with Crippen molar-refractivity contribution in [3.05, 3.63) is 29.8 Å². The Morgan fingerprint density at radius 3 is 2.62 bits per heavy atom. The maximum atomic E-state index is 12.7. The average Bonchev–Trinajstić information content (AvgIpc) is 2.53. The fraction of sp³-hybridized carbons (Fsp3) is 0.632. The third-order valence-electron chi connectivity index (χ3n) is 4.14. The summed E-state index contributed by atoms with van der Waals surface area (Å²) in [7, 11) is 0. The van der Waals surface area contributed by atoms with Gasteiger partial charge in [-0.3, -0.25) is 0 Å². The van der Waals surface area contributed by atoms with E-state index in [9.17, 15) is 18.0 Å². The smallest absolute Gasteiger partial charge is 0.416 e. The van der Waals surface area contributed by atoms with Crippen molar-refractivity contribution in [2.24, 2.45) is 0 Å². The summed E-state index contributed by atoms with van der Waals surface area (Å²) in [5, 5.41) is 0. The summed E-state index contributed by atoms with van der Waals surface area (Å²) >= 11 is 0. The lowest BCUT2D eigenvalue weighted by Gasteiger charge is -2.36. The number of halogens is 3. The minimum absolute atomic E-state index is 0.0237. The Labute approximate surface area is 152 Å². The molecule has 1 aromatic carbocycles. The Kier molecular flexibility index (Phi) is 6.42. The second-order valence-corrected chi connectivity index (χ2v) is 7.49. The monoisotopic (exact) mass is 373 g/mol. The first kappa shape index (κ1) is 20.4. The van der Waals surface area contributed by atoms with E-state index < -0.39 is 17.3 Å². The summed E-state index contributed by atoms with van der Waals surface area (Å²) in [6.07, 6.45) is -1.42. The first-order valence-electron chi connectivity index (χ1n) is 8.86. The molecule has 0 aromatic heterocycles. The first-order chi connectivity index (χ1) is 12.1. The maximum absolute atomic E-state index is 12.7. The van der Waals surface area contributed by atoms with E-state index in [0.29, 0.717) is 13.0 Å². The van der Waals surface area contributed by atoms with Gasteiger partial charge in [-0.1, -0.05) is 6.07 Å². The zero-order chi connectivity index (χ0) is 19.4. The highest BCUT2D eigenvalue weighted by Gasteiger charge is 2.31. The van der Waals surface area contributed by atoms with Gasteiger partial charge in [0.05, 0.1) is 12.2 Å². The molecule has 0 N–H and O–H groups in total. The SMILES string of the molecule is CC(C)(C)OC(=O)N1CCCC[C@H]1CCOc1cccc(C(F)(F)F)c1. The number of likely N-dealkylation sites (tertiary alicyclic amines) is 1. The van der Waals surface area contributed by atoms with Gasteiger partial charge in [0, 0.05) is 19.0 Å². The molecule has 1 amide bonds. The fourth-order valence-corrected chi connectivity index (χ4v) is 2.94. The molecule has 0 spiro atoms. The van der Waals surface area contributed by atoms with Crippen LogP contribution in [-0.4, -0.2) is 35.8 Å². The quantitative estimate of drug-likeness (QED) is 0.722. The molecule has 26 heavy (non-hydrogen) atoms. The van der Waals surface area contributed by atoms with Crippen LogP contribution in [0.3, 0.4) is 0 Å². The minimum atomic E-state index is -4.39. The number of amides is 1. The Bertz CT molecular complexity index is 611. The zero-order valence-electron chi connectivity index (χ0n) is 15.4.